The van der Waals surface area contributed by atoms with Gasteiger partial charge in [0, 0.05) is 26.9 Å². The molecular weight excluding hydrogens is 579 g/mol. The zero-order chi connectivity index (χ0) is 30.3. The van der Waals surface area contributed by atoms with Crippen LogP contribution in [-0.4, -0.2) is 5.91 Å². The van der Waals surface area contributed by atoms with Gasteiger partial charge in [-0.2, -0.15) is 5.26 Å². The van der Waals surface area contributed by atoms with Gasteiger partial charge in [0.05, 0.1) is 0 Å². The molecule has 0 aliphatic carbocycles. The Hall–Kier alpha value is -4.76. The van der Waals surface area contributed by atoms with Crippen molar-refractivity contribution in [3.8, 4) is 17.6 Å². The van der Waals surface area contributed by atoms with Gasteiger partial charge in [-0.05, 0) is 89.9 Å². The number of nitriles is 1. The lowest BCUT2D eigenvalue weighted by Gasteiger charge is -2.14. The fraction of sp³-hybridized carbons (Fsp3) is 0.111. The molecule has 43 heavy (non-hydrogen) atoms. The van der Waals surface area contributed by atoms with Crippen LogP contribution in [0.25, 0.3) is 16.8 Å². The maximum Gasteiger partial charge on any atom is 0.266 e. The molecule has 0 radical (unpaired) electrons. The van der Waals surface area contributed by atoms with Crippen LogP contribution in [0.15, 0.2) is 103 Å². The van der Waals surface area contributed by atoms with Gasteiger partial charge in [0.25, 0.3) is 5.91 Å². The van der Waals surface area contributed by atoms with E-state index < -0.39 is 5.91 Å². The summed E-state index contributed by atoms with van der Waals surface area (Å²) in [7, 11) is 0. The summed E-state index contributed by atoms with van der Waals surface area (Å²) in [6, 6.07) is 32.0. The fourth-order valence-electron chi connectivity index (χ4n) is 4.53. The number of carbonyl (C=O) groups is 1. The van der Waals surface area contributed by atoms with E-state index in [9.17, 15) is 10.1 Å². The molecule has 5 aromatic carbocycles. The number of halogens is 2. The molecule has 0 heterocycles. The Bertz CT molecular complexity index is 1880. The molecular formula is C36H28Cl2N2O3. The molecule has 0 aliphatic heterocycles. The van der Waals surface area contributed by atoms with E-state index in [1.54, 1.807) is 42.5 Å². The van der Waals surface area contributed by atoms with E-state index in [-0.39, 0.29) is 12.2 Å². The van der Waals surface area contributed by atoms with Gasteiger partial charge in [0.2, 0.25) is 0 Å². The van der Waals surface area contributed by atoms with Crippen LogP contribution in [0.4, 0.5) is 5.69 Å². The predicted molar refractivity (Wildman–Crippen MR) is 174 cm³/mol. The summed E-state index contributed by atoms with van der Waals surface area (Å²) in [5.74, 6) is 0.651. The molecule has 0 spiro atoms. The number of aryl methyl sites for hydroxylation is 2. The highest BCUT2D eigenvalue weighted by Gasteiger charge is 2.14. The molecule has 0 aliphatic rings. The van der Waals surface area contributed by atoms with Crippen LogP contribution >= 0.6 is 23.2 Å². The van der Waals surface area contributed by atoms with Crippen LogP contribution in [0.2, 0.25) is 10.0 Å². The number of rotatable bonds is 9. The van der Waals surface area contributed by atoms with Crippen molar-refractivity contribution in [3.05, 3.63) is 140 Å². The Morgan fingerprint density at radius 1 is 0.860 bits per heavy atom. The third-order valence-corrected chi connectivity index (χ3v) is 7.66. The van der Waals surface area contributed by atoms with Crippen LogP contribution in [-0.2, 0) is 18.0 Å². The molecule has 0 bridgehead atoms. The monoisotopic (exact) mass is 606 g/mol. The van der Waals surface area contributed by atoms with Gasteiger partial charge in [-0.1, -0.05) is 77.8 Å². The average molecular weight is 608 g/mol. The number of nitrogens with zero attached hydrogens (tertiary/aromatic N) is 1. The minimum atomic E-state index is -0.530. The Labute approximate surface area is 260 Å². The van der Waals surface area contributed by atoms with E-state index in [4.69, 9.17) is 32.7 Å². The number of carbonyl (C=O) groups excluding carboxylic acids is 1. The van der Waals surface area contributed by atoms with Crippen LogP contribution in [0.1, 0.15) is 27.8 Å². The number of nitrogens with one attached hydrogen (secondary N) is 1. The van der Waals surface area contributed by atoms with Crippen molar-refractivity contribution in [1.29, 1.82) is 5.26 Å². The summed E-state index contributed by atoms with van der Waals surface area (Å²) in [6.45, 7) is 4.76. The maximum absolute atomic E-state index is 13.2. The third kappa shape index (κ3) is 7.37. The number of hydrogen-bond acceptors (Lipinski definition) is 4. The first-order valence-electron chi connectivity index (χ1n) is 13.6. The van der Waals surface area contributed by atoms with Crippen LogP contribution in [0, 0.1) is 25.2 Å². The van der Waals surface area contributed by atoms with E-state index in [1.807, 2.05) is 48.5 Å². The van der Waals surface area contributed by atoms with Gasteiger partial charge < -0.3 is 14.8 Å². The van der Waals surface area contributed by atoms with Crippen molar-refractivity contribution in [1.82, 2.24) is 0 Å². The first-order valence-corrected chi connectivity index (χ1v) is 14.4. The first kappa shape index (κ1) is 29.7. The van der Waals surface area contributed by atoms with E-state index in [1.165, 1.54) is 11.1 Å². The molecule has 214 valence electrons. The number of hydrogen-bond donors (Lipinski definition) is 1. The van der Waals surface area contributed by atoms with Crippen molar-refractivity contribution >= 4 is 51.6 Å². The Morgan fingerprint density at radius 2 is 1.65 bits per heavy atom. The number of benzene rings is 5. The molecule has 0 unspecified atom stereocenters. The van der Waals surface area contributed by atoms with Crippen molar-refractivity contribution in [2.24, 2.45) is 0 Å². The van der Waals surface area contributed by atoms with Gasteiger partial charge in [0.15, 0.2) is 0 Å². The number of ether oxygens (including phenoxy) is 2. The second-order valence-electron chi connectivity index (χ2n) is 10.1. The third-order valence-electron chi connectivity index (χ3n) is 7.07. The smallest absolute Gasteiger partial charge is 0.266 e. The highest BCUT2D eigenvalue weighted by atomic mass is 35.5. The van der Waals surface area contributed by atoms with Gasteiger partial charge in [0.1, 0.15) is 36.4 Å². The standard InChI is InChI=1S/C36H28Cl2N2O3/c1-23-7-8-25(17-24(23)2)21-43-35-16-10-26-5-3-4-6-32(26)33(35)18-28(20-39)36(41)40-30-12-14-31(15-13-30)42-22-27-9-11-29(37)19-34(27)38/h3-19H,21-22H2,1-2H3,(H,40,41)/b28-18+. The van der Waals surface area contributed by atoms with E-state index in [0.29, 0.717) is 39.4 Å². The zero-order valence-electron chi connectivity index (χ0n) is 23.7. The van der Waals surface area contributed by atoms with Gasteiger partial charge >= 0.3 is 0 Å². The minimum Gasteiger partial charge on any atom is -0.489 e. The molecule has 5 nitrogen and oxygen atoms in total. The Kier molecular flexibility index (Phi) is 9.32. The highest BCUT2D eigenvalue weighted by Crippen LogP contribution is 2.31. The summed E-state index contributed by atoms with van der Waals surface area (Å²) in [5, 5.41) is 15.7. The molecule has 0 saturated heterocycles. The highest BCUT2D eigenvalue weighted by molar-refractivity contribution is 6.35. The lowest BCUT2D eigenvalue weighted by atomic mass is 10.0. The molecule has 1 amide bonds. The molecule has 1 N–H and O–H groups in total. The van der Waals surface area contributed by atoms with Crippen molar-refractivity contribution in [2.75, 3.05) is 5.32 Å². The van der Waals surface area contributed by atoms with E-state index in [2.05, 4.69) is 37.4 Å². The Morgan fingerprint density at radius 3 is 2.40 bits per heavy atom. The van der Waals surface area contributed by atoms with Crippen molar-refractivity contribution in [3.63, 3.8) is 0 Å². The molecule has 0 atom stereocenters. The number of amides is 1. The van der Waals surface area contributed by atoms with Crippen molar-refractivity contribution < 1.29 is 14.3 Å². The minimum absolute atomic E-state index is 0.0508. The molecule has 5 aromatic rings. The van der Waals surface area contributed by atoms with Crippen LogP contribution in [0.3, 0.4) is 0 Å². The zero-order valence-corrected chi connectivity index (χ0v) is 25.2. The number of anilines is 1. The van der Waals surface area contributed by atoms with E-state index >= 15 is 0 Å². The molecule has 7 heteroatoms. The predicted octanol–water partition coefficient (Wildman–Crippen LogP) is 9.47. The quantitative estimate of drug-likeness (QED) is 0.134. The summed E-state index contributed by atoms with van der Waals surface area (Å²) in [6.07, 6.45) is 1.58. The summed E-state index contributed by atoms with van der Waals surface area (Å²) < 4.78 is 12.1. The van der Waals surface area contributed by atoms with Crippen LogP contribution in [0.5, 0.6) is 11.5 Å². The lowest BCUT2D eigenvalue weighted by Crippen LogP contribution is -2.13. The maximum atomic E-state index is 13.2. The Balaban J connectivity index is 1.33. The summed E-state index contributed by atoms with van der Waals surface area (Å²) in [5.41, 5.74) is 5.38. The molecule has 0 saturated carbocycles. The normalized spacial score (nSPS) is 11.2. The molecule has 5 rings (SSSR count). The molecule has 0 aromatic heterocycles. The SMILES string of the molecule is Cc1ccc(COc2ccc3ccccc3c2/C=C(\C#N)C(=O)Nc2ccc(OCc3ccc(Cl)cc3Cl)cc2)cc1C. The van der Waals surface area contributed by atoms with Gasteiger partial charge in [-0.15, -0.1) is 0 Å². The fourth-order valence-corrected chi connectivity index (χ4v) is 4.99. The van der Waals surface area contributed by atoms with Crippen molar-refractivity contribution in [2.45, 2.75) is 27.1 Å². The van der Waals surface area contributed by atoms with Crippen LogP contribution < -0.4 is 14.8 Å². The van der Waals surface area contributed by atoms with Gasteiger partial charge in [-0.3, -0.25) is 4.79 Å². The first-order chi connectivity index (χ1) is 20.8. The van der Waals surface area contributed by atoms with E-state index in [0.717, 1.165) is 21.9 Å². The largest absolute Gasteiger partial charge is 0.489 e. The van der Waals surface area contributed by atoms with Gasteiger partial charge in [-0.25, -0.2) is 0 Å². The topological polar surface area (TPSA) is 71.3 Å². The average Bonchev–Trinajstić information content (AvgIpc) is 3.01. The number of fused-ring (bicyclic) bond motifs is 1. The second kappa shape index (κ2) is 13.5. The molecule has 0 fully saturated rings. The summed E-state index contributed by atoms with van der Waals surface area (Å²) in [4.78, 5) is 13.2. The second-order valence-corrected chi connectivity index (χ2v) is 10.9. The summed E-state index contributed by atoms with van der Waals surface area (Å²) >= 11 is 12.2. The lowest BCUT2D eigenvalue weighted by molar-refractivity contribution is -0.112.